The molecule has 0 aromatic rings. The molecule has 0 spiro atoms. The van der Waals surface area contributed by atoms with Gasteiger partial charge in [-0.3, -0.25) is 4.90 Å². The molecule has 1 N–H and O–H groups in total. The summed E-state index contributed by atoms with van der Waals surface area (Å²) in [6.07, 6.45) is 11.4. The lowest BCUT2D eigenvalue weighted by Crippen LogP contribution is -2.60. The van der Waals surface area contributed by atoms with Gasteiger partial charge < -0.3 is 5.32 Å². The monoisotopic (exact) mass is 266 g/mol. The van der Waals surface area contributed by atoms with Crippen LogP contribution in [0, 0.1) is 5.92 Å². The Morgan fingerprint density at radius 3 is 2.21 bits per heavy atom. The minimum absolute atomic E-state index is 0.473. The summed E-state index contributed by atoms with van der Waals surface area (Å²) in [5.74, 6) is 1.03. The molecule has 2 nitrogen and oxygen atoms in total. The highest BCUT2D eigenvalue weighted by Crippen LogP contribution is 2.43. The van der Waals surface area contributed by atoms with E-state index in [0.717, 1.165) is 12.0 Å². The first kappa shape index (κ1) is 15.3. The van der Waals surface area contributed by atoms with Crippen LogP contribution in [-0.2, 0) is 0 Å². The predicted molar refractivity (Wildman–Crippen MR) is 83.5 cm³/mol. The molecule has 0 saturated heterocycles. The summed E-state index contributed by atoms with van der Waals surface area (Å²) in [4.78, 5) is 2.77. The van der Waals surface area contributed by atoms with Gasteiger partial charge in [0.2, 0.25) is 0 Å². The molecule has 0 aliphatic heterocycles. The van der Waals surface area contributed by atoms with Crippen molar-refractivity contribution < 1.29 is 0 Å². The summed E-state index contributed by atoms with van der Waals surface area (Å²) >= 11 is 0. The molecular weight excluding hydrogens is 232 g/mol. The Labute approximate surface area is 120 Å². The Kier molecular flexibility index (Phi) is 5.70. The van der Waals surface area contributed by atoms with Crippen LogP contribution in [0.15, 0.2) is 0 Å². The van der Waals surface area contributed by atoms with Crippen molar-refractivity contribution in [2.24, 2.45) is 5.92 Å². The molecule has 0 radical (unpaired) electrons. The van der Waals surface area contributed by atoms with E-state index in [2.05, 4.69) is 31.0 Å². The zero-order chi connectivity index (χ0) is 13.7. The smallest absolute Gasteiger partial charge is 0.0362 e. The topological polar surface area (TPSA) is 15.3 Å². The van der Waals surface area contributed by atoms with Crippen LogP contribution in [0.5, 0.6) is 0 Å². The van der Waals surface area contributed by atoms with Crippen molar-refractivity contribution in [1.82, 2.24) is 10.2 Å². The van der Waals surface area contributed by atoms with E-state index in [9.17, 15) is 0 Å². The summed E-state index contributed by atoms with van der Waals surface area (Å²) in [5.41, 5.74) is 0.473. The van der Waals surface area contributed by atoms with Crippen LogP contribution in [0.3, 0.4) is 0 Å². The predicted octanol–water partition coefficient (Wildman–Crippen LogP) is 3.81. The third-order valence-electron chi connectivity index (χ3n) is 5.42. The van der Waals surface area contributed by atoms with E-state index < -0.39 is 0 Å². The number of hydrogen-bond acceptors (Lipinski definition) is 2. The molecule has 112 valence electrons. The van der Waals surface area contributed by atoms with Crippen LogP contribution in [0.4, 0.5) is 0 Å². The van der Waals surface area contributed by atoms with Crippen molar-refractivity contribution in [3.8, 4) is 0 Å². The highest BCUT2D eigenvalue weighted by molar-refractivity contribution is 5.04. The Balaban J connectivity index is 2.11. The lowest BCUT2D eigenvalue weighted by atomic mass is 9.82. The highest BCUT2D eigenvalue weighted by Gasteiger charge is 2.46. The largest absolute Gasteiger partial charge is 0.312 e. The van der Waals surface area contributed by atoms with Gasteiger partial charge in [0.05, 0.1) is 0 Å². The van der Waals surface area contributed by atoms with Gasteiger partial charge in [-0.1, -0.05) is 46.5 Å². The fourth-order valence-electron chi connectivity index (χ4n) is 4.22. The second-order valence-electron chi connectivity index (χ2n) is 6.67. The van der Waals surface area contributed by atoms with Crippen molar-refractivity contribution in [3.05, 3.63) is 0 Å². The summed E-state index contributed by atoms with van der Waals surface area (Å²) in [5, 5.41) is 3.93. The van der Waals surface area contributed by atoms with Gasteiger partial charge in [0.25, 0.3) is 0 Å². The molecule has 0 amide bonds. The van der Waals surface area contributed by atoms with E-state index in [-0.39, 0.29) is 0 Å². The van der Waals surface area contributed by atoms with Gasteiger partial charge in [-0.25, -0.2) is 0 Å². The Hall–Kier alpha value is -0.0800. The van der Waals surface area contributed by atoms with E-state index in [1.807, 2.05) is 0 Å². The van der Waals surface area contributed by atoms with Gasteiger partial charge in [0, 0.05) is 11.6 Å². The van der Waals surface area contributed by atoms with Gasteiger partial charge in [-0.15, -0.1) is 0 Å². The fourth-order valence-corrected chi connectivity index (χ4v) is 4.22. The third kappa shape index (κ3) is 3.52. The standard InChI is InChI=1S/C17H34N2/c1-4-13-18-16(14-15-9-10-15)17(11-7-8-12-17)19(5-2)6-3/h15-16,18H,4-14H2,1-3H3. The van der Waals surface area contributed by atoms with Crippen molar-refractivity contribution >= 4 is 0 Å². The summed E-state index contributed by atoms with van der Waals surface area (Å²) in [7, 11) is 0. The zero-order valence-electron chi connectivity index (χ0n) is 13.4. The molecule has 0 bridgehead atoms. The average Bonchev–Trinajstić information content (AvgIpc) is 3.12. The summed E-state index contributed by atoms with van der Waals surface area (Å²) < 4.78 is 0. The minimum Gasteiger partial charge on any atom is -0.312 e. The first-order valence-electron chi connectivity index (χ1n) is 8.75. The van der Waals surface area contributed by atoms with Crippen molar-refractivity contribution in [2.45, 2.75) is 83.7 Å². The third-order valence-corrected chi connectivity index (χ3v) is 5.42. The van der Waals surface area contributed by atoms with Gasteiger partial charge in [0.15, 0.2) is 0 Å². The Bertz CT molecular complexity index is 250. The molecule has 2 fully saturated rings. The molecule has 1 unspecified atom stereocenters. The van der Waals surface area contributed by atoms with Gasteiger partial charge in [-0.05, 0) is 51.2 Å². The zero-order valence-corrected chi connectivity index (χ0v) is 13.4. The summed E-state index contributed by atoms with van der Waals surface area (Å²) in [6.45, 7) is 10.6. The minimum atomic E-state index is 0.473. The molecule has 0 aromatic carbocycles. The molecule has 2 rings (SSSR count). The lowest BCUT2D eigenvalue weighted by molar-refractivity contribution is 0.0575. The number of nitrogens with one attached hydrogen (secondary N) is 1. The number of hydrogen-bond donors (Lipinski definition) is 1. The van der Waals surface area contributed by atoms with Crippen LogP contribution >= 0.6 is 0 Å². The Morgan fingerprint density at radius 2 is 1.74 bits per heavy atom. The molecule has 1 atom stereocenters. The molecule has 2 aliphatic carbocycles. The SMILES string of the molecule is CCCNC(CC1CC1)C1(N(CC)CC)CCCC1. The number of nitrogens with zero attached hydrogens (tertiary/aromatic N) is 1. The first-order chi connectivity index (χ1) is 9.26. The maximum atomic E-state index is 3.93. The summed E-state index contributed by atoms with van der Waals surface area (Å²) in [6, 6.07) is 0.738. The van der Waals surface area contributed by atoms with Crippen molar-refractivity contribution in [2.75, 3.05) is 19.6 Å². The van der Waals surface area contributed by atoms with Crippen molar-refractivity contribution in [3.63, 3.8) is 0 Å². The maximum absolute atomic E-state index is 3.93. The Morgan fingerprint density at radius 1 is 1.11 bits per heavy atom. The number of rotatable bonds is 9. The lowest BCUT2D eigenvalue weighted by Gasteiger charge is -2.47. The highest BCUT2D eigenvalue weighted by atomic mass is 15.2. The first-order valence-corrected chi connectivity index (χ1v) is 8.75. The fraction of sp³-hybridized carbons (Fsp3) is 1.00. The molecule has 19 heavy (non-hydrogen) atoms. The van der Waals surface area contributed by atoms with E-state index >= 15 is 0 Å². The normalized spacial score (nSPS) is 24.0. The maximum Gasteiger partial charge on any atom is 0.0362 e. The second kappa shape index (κ2) is 7.08. The van der Waals surface area contributed by atoms with Crippen LogP contribution in [-0.4, -0.2) is 36.1 Å². The number of likely N-dealkylation sites (N-methyl/N-ethyl adjacent to an activating group) is 1. The molecule has 2 heteroatoms. The molecule has 2 aliphatic rings. The van der Waals surface area contributed by atoms with E-state index in [1.54, 1.807) is 0 Å². The average molecular weight is 266 g/mol. The van der Waals surface area contributed by atoms with Gasteiger partial charge >= 0.3 is 0 Å². The molecule has 2 saturated carbocycles. The molecular formula is C17H34N2. The molecule has 0 heterocycles. The van der Waals surface area contributed by atoms with Gasteiger partial charge in [0.1, 0.15) is 0 Å². The van der Waals surface area contributed by atoms with Crippen LogP contribution in [0.1, 0.15) is 72.1 Å². The van der Waals surface area contributed by atoms with Crippen LogP contribution in [0.2, 0.25) is 0 Å². The van der Waals surface area contributed by atoms with Gasteiger partial charge in [-0.2, -0.15) is 0 Å². The van der Waals surface area contributed by atoms with Crippen LogP contribution in [0.25, 0.3) is 0 Å². The van der Waals surface area contributed by atoms with Crippen LogP contribution < -0.4 is 5.32 Å². The van der Waals surface area contributed by atoms with E-state index in [4.69, 9.17) is 0 Å². The second-order valence-corrected chi connectivity index (χ2v) is 6.67. The quantitative estimate of drug-likeness (QED) is 0.683. The van der Waals surface area contributed by atoms with E-state index in [0.29, 0.717) is 5.54 Å². The van der Waals surface area contributed by atoms with Crippen molar-refractivity contribution in [1.29, 1.82) is 0 Å². The van der Waals surface area contributed by atoms with E-state index in [1.165, 1.54) is 71.0 Å². The molecule has 0 aromatic heterocycles.